The van der Waals surface area contributed by atoms with Crippen molar-refractivity contribution < 1.29 is 14.3 Å². The van der Waals surface area contributed by atoms with Gasteiger partial charge < -0.3 is 20.1 Å². The van der Waals surface area contributed by atoms with Gasteiger partial charge in [0.25, 0.3) is 0 Å². The fourth-order valence-corrected chi connectivity index (χ4v) is 5.11. The van der Waals surface area contributed by atoms with Crippen LogP contribution in [0.2, 0.25) is 0 Å². The molecule has 0 aliphatic heterocycles. The highest BCUT2D eigenvalue weighted by Crippen LogP contribution is 2.33. The Labute approximate surface area is 203 Å². The molecular weight excluding hydrogens is 470 g/mol. The van der Waals surface area contributed by atoms with Crippen molar-refractivity contribution in [3.05, 3.63) is 64.7 Å². The van der Waals surface area contributed by atoms with E-state index in [4.69, 9.17) is 9.47 Å². The number of thiophene rings is 1. The number of carbonyl (C=O) groups excluding carboxylic acids is 1. The van der Waals surface area contributed by atoms with E-state index in [0.717, 1.165) is 48.1 Å². The van der Waals surface area contributed by atoms with Crippen LogP contribution in [0.1, 0.15) is 10.4 Å². The van der Waals surface area contributed by atoms with Crippen LogP contribution in [-0.2, 0) is 16.1 Å². The molecule has 3 aromatic heterocycles. The van der Waals surface area contributed by atoms with E-state index in [9.17, 15) is 4.79 Å². The first-order valence-electron chi connectivity index (χ1n) is 10.5. The van der Waals surface area contributed by atoms with Crippen LogP contribution in [0.4, 0.5) is 11.5 Å². The minimum absolute atomic E-state index is 0.0377. The number of nitrogens with zero attached hydrogens (tertiary/aromatic N) is 3. The van der Waals surface area contributed by atoms with Gasteiger partial charge in [0.15, 0.2) is 5.82 Å². The fraction of sp³-hybridized carbons (Fsp3) is 0.167. The molecular formula is C24H21N5O3S2. The molecule has 0 radical (unpaired) electrons. The molecule has 0 atom stereocenters. The molecule has 2 aromatic carbocycles. The second kappa shape index (κ2) is 9.72. The first-order chi connectivity index (χ1) is 16.6. The summed E-state index contributed by atoms with van der Waals surface area (Å²) in [5.41, 5.74) is 5.47. The summed E-state index contributed by atoms with van der Waals surface area (Å²) in [4.78, 5) is 25.8. The highest BCUT2D eigenvalue weighted by atomic mass is 32.1. The molecule has 0 aliphatic rings. The van der Waals surface area contributed by atoms with E-state index in [1.165, 1.54) is 13.4 Å². The fourth-order valence-electron chi connectivity index (χ4n) is 3.45. The van der Waals surface area contributed by atoms with Crippen LogP contribution in [0.15, 0.2) is 54.3 Å². The van der Waals surface area contributed by atoms with Gasteiger partial charge in [-0.2, -0.15) is 0 Å². The average Bonchev–Trinajstić information content (AvgIpc) is 3.46. The molecule has 0 saturated carbocycles. The Hall–Kier alpha value is -3.60. The van der Waals surface area contributed by atoms with Gasteiger partial charge >= 0.3 is 0 Å². The SMILES string of the molecule is COCC(=O)NCc1cc2ncnc(Nc3ccc(Oc4ccc5scnc5c4)c(C)c3)c2s1. The van der Waals surface area contributed by atoms with Crippen LogP contribution in [-0.4, -0.2) is 34.6 Å². The predicted octanol–water partition coefficient (Wildman–Crippen LogP) is 5.41. The van der Waals surface area contributed by atoms with Crippen molar-refractivity contribution in [3.63, 3.8) is 0 Å². The van der Waals surface area contributed by atoms with E-state index in [1.807, 2.05) is 54.9 Å². The standard InChI is InChI=1S/C24H21N5O3S2/c1-14-7-15(3-5-20(14)32-16-4-6-21-18(8-16)28-13-33-21)29-24-23-19(26-12-27-24)9-17(34-23)10-25-22(30)11-31-2/h3-9,12-13H,10-11H2,1-2H3,(H,25,30)(H,26,27,29). The summed E-state index contributed by atoms with van der Waals surface area (Å²) < 4.78 is 13.0. The molecule has 172 valence electrons. The molecule has 10 heteroatoms. The number of aryl methyl sites for hydroxylation is 1. The summed E-state index contributed by atoms with van der Waals surface area (Å²) in [7, 11) is 1.49. The van der Waals surface area contributed by atoms with E-state index in [-0.39, 0.29) is 12.5 Å². The molecule has 0 saturated heterocycles. The van der Waals surface area contributed by atoms with Crippen LogP contribution in [0.5, 0.6) is 11.5 Å². The van der Waals surface area contributed by atoms with E-state index < -0.39 is 0 Å². The van der Waals surface area contributed by atoms with Crippen LogP contribution in [0, 0.1) is 6.92 Å². The molecule has 0 fully saturated rings. The van der Waals surface area contributed by atoms with Crippen molar-refractivity contribution in [2.45, 2.75) is 13.5 Å². The molecule has 2 N–H and O–H groups in total. The third-order valence-corrected chi connectivity index (χ3v) is 7.01. The van der Waals surface area contributed by atoms with Crippen molar-refractivity contribution in [3.8, 4) is 11.5 Å². The lowest BCUT2D eigenvalue weighted by Gasteiger charge is -2.12. The van der Waals surface area contributed by atoms with Crippen LogP contribution < -0.4 is 15.4 Å². The second-order valence-electron chi connectivity index (χ2n) is 7.55. The maximum Gasteiger partial charge on any atom is 0.246 e. The number of anilines is 2. The molecule has 0 aliphatic carbocycles. The zero-order chi connectivity index (χ0) is 23.5. The minimum atomic E-state index is -0.159. The molecule has 0 bridgehead atoms. The summed E-state index contributed by atoms with van der Waals surface area (Å²) in [6, 6.07) is 13.8. The molecule has 0 spiro atoms. The van der Waals surface area contributed by atoms with E-state index in [2.05, 4.69) is 25.6 Å². The number of carbonyl (C=O) groups is 1. The van der Waals surface area contributed by atoms with Gasteiger partial charge in [0.05, 0.1) is 32.5 Å². The van der Waals surface area contributed by atoms with Crippen LogP contribution >= 0.6 is 22.7 Å². The van der Waals surface area contributed by atoms with Crippen molar-refractivity contribution >= 4 is 60.5 Å². The Balaban J connectivity index is 1.32. The number of hydrogen-bond donors (Lipinski definition) is 2. The zero-order valence-corrected chi connectivity index (χ0v) is 20.1. The number of fused-ring (bicyclic) bond motifs is 2. The largest absolute Gasteiger partial charge is 0.457 e. The highest BCUT2D eigenvalue weighted by molar-refractivity contribution is 7.19. The summed E-state index contributed by atoms with van der Waals surface area (Å²) in [5.74, 6) is 2.08. The normalized spacial score (nSPS) is 11.1. The number of ether oxygens (including phenoxy) is 2. The lowest BCUT2D eigenvalue weighted by Crippen LogP contribution is -2.26. The molecule has 8 nitrogen and oxygen atoms in total. The number of methoxy groups -OCH3 is 1. The average molecular weight is 492 g/mol. The number of benzene rings is 2. The van der Waals surface area contributed by atoms with Gasteiger partial charge in [0, 0.05) is 23.7 Å². The van der Waals surface area contributed by atoms with Crippen molar-refractivity contribution in [2.75, 3.05) is 19.0 Å². The highest BCUT2D eigenvalue weighted by Gasteiger charge is 2.11. The Kier molecular flexibility index (Phi) is 6.35. The maximum atomic E-state index is 11.7. The Morgan fingerprint density at radius 2 is 1.97 bits per heavy atom. The first kappa shape index (κ1) is 22.2. The van der Waals surface area contributed by atoms with E-state index in [1.54, 1.807) is 22.7 Å². The first-order valence-corrected chi connectivity index (χ1v) is 12.2. The quantitative estimate of drug-likeness (QED) is 0.300. The van der Waals surface area contributed by atoms with Crippen molar-refractivity contribution in [1.82, 2.24) is 20.3 Å². The molecule has 5 rings (SSSR count). The topological polar surface area (TPSA) is 98.3 Å². The van der Waals surface area contributed by atoms with Gasteiger partial charge in [0.2, 0.25) is 5.91 Å². The molecule has 3 heterocycles. The van der Waals surface area contributed by atoms with E-state index in [0.29, 0.717) is 12.4 Å². The smallest absolute Gasteiger partial charge is 0.246 e. The Bertz CT molecular complexity index is 1480. The lowest BCUT2D eigenvalue weighted by molar-refractivity contribution is -0.124. The monoisotopic (exact) mass is 491 g/mol. The zero-order valence-electron chi connectivity index (χ0n) is 18.5. The maximum absolute atomic E-state index is 11.7. The van der Waals surface area contributed by atoms with Crippen LogP contribution in [0.3, 0.4) is 0 Å². The number of amides is 1. The Morgan fingerprint density at radius 1 is 1.06 bits per heavy atom. The third-order valence-electron chi connectivity index (χ3n) is 5.06. The Morgan fingerprint density at radius 3 is 2.82 bits per heavy atom. The second-order valence-corrected chi connectivity index (χ2v) is 9.57. The summed E-state index contributed by atoms with van der Waals surface area (Å²) in [6.45, 7) is 2.46. The lowest BCUT2D eigenvalue weighted by atomic mass is 10.2. The predicted molar refractivity (Wildman–Crippen MR) is 135 cm³/mol. The molecule has 1 amide bonds. The van der Waals surface area contributed by atoms with Crippen molar-refractivity contribution in [1.29, 1.82) is 0 Å². The third kappa shape index (κ3) is 4.84. The number of nitrogens with one attached hydrogen (secondary N) is 2. The molecule has 34 heavy (non-hydrogen) atoms. The summed E-state index contributed by atoms with van der Waals surface area (Å²) in [6.07, 6.45) is 1.53. The van der Waals surface area contributed by atoms with Crippen LogP contribution in [0.25, 0.3) is 20.4 Å². The van der Waals surface area contributed by atoms with Gasteiger partial charge in [-0.1, -0.05) is 0 Å². The molecule has 5 aromatic rings. The summed E-state index contributed by atoms with van der Waals surface area (Å²) in [5, 5.41) is 6.22. The van der Waals surface area contributed by atoms with Gasteiger partial charge in [-0.3, -0.25) is 4.79 Å². The number of thiazole rings is 1. The van der Waals surface area contributed by atoms with Gasteiger partial charge in [-0.05, 0) is 48.9 Å². The van der Waals surface area contributed by atoms with Gasteiger partial charge in [0.1, 0.15) is 24.4 Å². The van der Waals surface area contributed by atoms with Gasteiger partial charge in [-0.15, -0.1) is 22.7 Å². The number of aromatic nitrogens is 3. The van der Waals surface area contributed by atoms with E-state index >= 15 is 0 Å². The number of rotatable bonds is 8. The minimum Gasteiger partial charge on any atom is -0.457 e. The van der Waals surface area contributed by atoms with Crippen molar-refractivity contribution in [2.24, 2.45) is 0 Å². The molecule has 0 unspecified atom stereocenters. The number of hydrogen-bond acceptors (Lipinski definition) is 9. The van der Waals surface area contributed by atoms with Gasteiger partial charge in [-0.25, -0.2) is 15.0 Å². The summed E-state index contributed by atoms with van der Waals surface area (Å²) >= 11 is 3.15.